The Morgan fingerprint density at radius 3 is 2.05 bits per heavy atom. The Hall–Kier alpha value is -2.49. The van der Waals surface area contributed by atoms with Crippen molar-refractivity contribution in [3.63, 3.8) is 0 Å². The average Bonchev–Trinajstić information content (AvgIpc) is 2.55. The van der Waals surface area contributed by atoms with Gasteiger partial charge >= 0.3 is 5.97 Å². The van der Waals surface area contributed by atoms with Gasteiger partial charge in [0, 0.05) is 6.42 Å². The normalized spacial score (nSPS) is 11.7. The van der Waals surface area contributed by atoms with E-state index in [2.05, 4.69) is 0 Å². The largest absolute Gasteiger partial charge is 0.493 e. The van der Waals surface area contributed by atoms with Crippen LogP contribution in [0.1, 0.15) is 24.8 Å². The summed E-state index contributed by atoms with van der Waals surface area (Å²) < 4.78 is 11.2. The third-order valence-electron chi connectivity index (χ3n) is 3.32. The summed E-state index contributed by atoms with van der Waals surface area (Å²) in [6.45, 7) is 2.82. The Morgan fingerprint density at radius 1 is 0.955 bits per heavy atom. The number of ether oxygens (including phenoxy) is 2. The van der Waals surface area contributed by atoms with E-state index in [9.17, 15) is 4.79 Å². The molecule has 0 radical (unpaired) electrons. The third-order valence-corrected chi connectivity index (χ3v) is 3.32. The van der Waals surface area contributed by atoms with Crippen LogP contribution in [-0.4, -0.2) is 24.3 Å². The fourth-order valence-electron chi connectivity index (χ4n) is 1.95. The number of rotatable bonds is 8. The van der Waals surface area contributed by atoms with E-state index >= 15 is 0 Å². The smallest absolute Gasteiger partial charge is 0.310 e. The van der Waals surface area contributed by atoms with Gasteiger partial charge in [0.05, 0.1) is 19.1 Å². The fraction of sp³-hybridized carbons (Fsp3) is 0.278. The van der Waals surface area contributed by atoms with Gasteiger partial charge in [-0.1, -0.05) is 30.3 Å². The van der Waals surface area contributed by atoms with Crippen LogP contribution in [0.15, 0.2) is 54.6 Å². The van der Waals surface area contributed by atoms with E-state index in [0.29, 0.717) is 13.2 Å². The highest BCUT2D eigenvalue weighted by Crippen LogP contribution is 2.19. The third kappa shape index (κ3) is 4.81. The predicted octanol–water partition coefficient (Wildman–Crippen LogP) is 3.72. The molecule has 0 aliphatic rings. The summed E-state index contributed by atoms with van der Waals surface area (Å²) in [6.07, 6.45) is 0.780. The molecule has 0 aliphatic carbocycles. The standard InChI is InChI=1S/C18H20O4/c1-14(18(19)20)15-8-10-17(11-9-15)22-13-5-12-21-16-6-3-2-4-7-16/h2-4,6-11,14H,5,12-13H2,1H3,(H,19,20). The van der Waals surface area contributed by atoms with Crippen molar-refractivity contribution in [3.8, 4) is 11.5 Å². The molecule has 0 aromatic heterocycles. The highest BCUT2D eigenvalue weighted by atomic mass is 16.5. The van der Waals surface area contributed by atoms with E-state index in [1.165, 1.54) is 0 Å². The van der Waals surface area contributed by atoms with Gasteiger partial charge in [-0.3, -0.25) is 4.79 Å². The number of para-hydroxylation sites is 1. The topological polar surface area (TPSA) is 55.8 Å². The second kappa shape index (κ2) is 8.08. The van der Waals surface area contributed by atoms with Crippen molar-refractivity contribution in [1.82, 2.24) is 0 Å². The Labute approximate surface area is 130 Å². The van der Waals surface area contributed by atoms with E-state index in [-0.39, 0.29) is 0 Å². The number of hydrogen-bond donors (Lipinski definition) is 1. The highest BCUT2D eigenvalue weighted by molar-refractivity contribution is 5.75. The van der Waals surface area contributed by atoms with Crippen LogP contribution in [0.2, 0.25) is 0 Å². The molecule has 1 N–H and O–H groups in total. The first-order valence-corrected chi connectivity index (χ1v) is 7.30. The summed E-state index contributed by atoms with van der Waals surface area (Å²) in [6, 6.07) is 16.8. The van der Waals surface area contributed by atoms with Crippen LogP contribution in [0.3, 0.4) is 0 Å². The summed E-state index contributed by atoms with van der Waals surface area (Å²) in [5, 5.41) is 8.95. The minimum Gasteiger partial charge on any atom is -0.493 e. The van der Waals surface area contributed by atoms with Crippen LogP contribution >= 0.6 is 0 Å². The molecule has 0 spiro atoms. The summed E-state index contributed by atoms with van der Waals surface area (Å²) in [5.74, 6) is 0.260. The van der Waals surface area contributed by atoms with Crippen molar-refractivity contribution in [2.24, 2.45) is 0 Å². The molecule has 0 aliphatic heterocycles. The van der Waals surface area contributed by atoms with Crippen molar-refractivity contribution >= 4 is 5.97 Å². The molecule has 0 amide bonds. The molecule has 0 bridgehead atoms. The molecule has 0 saturated heterocycles. The monoisotopic (exact) mass is 300 g/mol. The maximum Gasteiger partial charge on any atom is 0.310 e. The lowest BCUT2D eigenvalue weighted by Gasteiger charge is -2.10. The van der Waals surface area contributed by atoms with Crippen LogP contribution in [0.4, 0.5) is 0 Å². The van der Waals surface area contributed by atoms with Crippen LogP contribution < -0.4 is 9.47 Å². The van der Waals surface area contributed by atoms with E-state index in [4.69, 9.17) is 14.6 Å². The van der Waals surface area contributed by atoms with Crippen molar-refractivity contribution < 1.29 is 19.4 Å². The van der Waals surface area contributed by atoms with Crippen molar-refractivity contribution in [3.05, 3.63) is 60.2 Å². The van der Waals surface area contributed by atoms with E-state index in [1.54, 1.807) is 31.2 Å². The van der Waals surface area contributed by atoms with Crippen molar-refractivity contribution in [2.45, 2.75) is 19.3 Å². The maximum atomic E-state index is 10.9. The quantitative estimate of drug-likeness (QED) is 0.755. The molecular formula is C18H20O4. The lowest BCUT2D eigenvalue weighted by Crippen LogP contribution is -2.07. The molecule has 4 heteroatoms. The first kappa shape index (κ1) is 15.9. The lowest BCUT2D eigenvalue weighted by molar-refractivity contribution is -0.138. The van der Waals surface area contributed by atoms with E-state index in [1.807, 2.05) is 30.3 Å². The van der Waals surface area contributed by atoms with Gasteiger partial charge in [0.15, 0.2) is 0 Å². The van der Waals surface area contributed by atoms with Gasteiger partial charge in [0.2, 0.25) is 0 Å². The Morgan fingerprint density at radius 2 is 1.50 bits per heavy atom. The number of aliphatic carboxylic acids is 1. The lowest BCUT2D eigenvalue weighted by atomic mass is 10.0. The molecule has 2 rings (SSSR count). The van der Waals surface area contributed by atoms with Crippen LogP contribution in [0, 0.1) is 0 Å². The molecule has 2 aromatic rings. The van der Waals surface area contributed by atoms with Gasteiger partial charge in [0.25, 0.3) is 0 Å². The first-order chi connectivity index (χ1) is 10.7. The fourth-order valence-corrected chi connectivity index (χ4v) is 1.95. The Balaban J connectivity index is 1.70. The molecule has 1 atom stereocenters. The van der Waals surface area contributed by atoms with Gasteiger partial charge < -0.3 is 14.6 Å². The van der Waals surface area contributed by atoms with Gasteiger partial charge in [-0.05, 0) is 36.8 Å². The first-order valence-electron chi connectivity index (χ1n) is 7.30. The van der Waals surface area contributed by atoms with Crippen molar-refractivity contribution in [1.29, 1.82) is 0 Å². The van der Waals surface area contributed by atoms with Gasteiger partial charge in [-0.25, -0.2) is 0 Å². The molecule has 22 heavy (non-hydrogen) atoms. The summed E-state index contributed by atoms with van der Waals surface area (Å²) in [7, 11) is 0. The zero-order valence-corrected chi connectivity index (χ0v) is 12.6. The number of carboxylic acids is 1. The van der Waals surface area contributed by atoms with Gasteiger partial charge in [-0.15, -0.1) is 0 Å². The number of hydrogen-bond acceptors (Lipinski definition) is 3. The Kier molecular flexibility index (Phi) is 5.83. The van der Waals surface area contributed by atoms with Gasteiger partial charge in [0.1, 0.15) is 11.5 Å². The molecule has 1 unspecified atom stereocenters. The Bertz CT molecular complexity index is 578. The average molecular weight is 300 g/mol. The highest BCUT2D eigenvalue weighted by Gasteiger charge is 2.12. The number of carboxylic acid groups (broad SMARTS) is 1. The predicted molar refractivity (Wildman–Crippen MR) is 84.5 cm³/mol. The SMILES string of the molecule is CC(C(=O)O)c1ccc(OCCCOc2ccccc2)cc1. The zero-order chi connectivity index (χ0) is 15.8. The second-order valence-corrected chi connectivity index (χ2v) is 4.99. The molecular weight excluding hydrogens is 280 g/mol. The zero-order valence-electron chi connectivity index (χ0n) is 12.6. The molecule has 0 fully saturated rings. The van der Waals surface area contributed by atoms with E-state index < -0.39 is 11.9 Å². The summed E-state index contributed by atoms with van der Waals surface area (Å²) >= 11 is 0. The summed E-state index contributed by atoms with van der Waals surface area (Å²) in [5.41, 5.74) is 0.771. The summed E-state index contributed by atoms with van der Waals surface area (Å²) in [4.78, 5) is 10.9. The van der Waals surface area contributed by atoms with Gasteiger partial charge in [-0.2, -0.15) is 0 Å². The van der Waals surface area contributed by atoms with Crippen LogP contribution in [-0.2, 0) is 4.79 Å². The number of benzene rings is 2. The second-order valence-electron chi connectivity index (χ2n) is 4.99. The van der Waals surface area contributed by atoms with Crippen LogP contribution in [0.25, 0.3) is 0 Å². The number of carbonyl (C=O) groups is 1. The molecule has 0 heterocycles. The van der Waals surface area contributed by atoms with Crippen LogP contribution in [0.5, 0.6) is 11.5 Å². The molecule has 4 nitrogen and oxygen atoms in total. The van der Waals surface area contributed by atoms with Crippen molar-refractivity contribution in [2.75, 3.05) is 13.2 Å². The minimum absolute atomic E-state index is 0.506. The molecule has 0 saturated carbocycles. The minimum atomic E-state index is -0.827. The molecule has 116 valence electrons. The molecule has 2 aromatic carbocycles. The maximum absolute atomic E-state index is 10.9. The van der Waals surface area contributed by atoms with E-state index in [0.717, 1.165) is 23.5 Å².